The lowest BCUT2D eigenvalue weighted by Gasteiger charge is -2.14. The zero-order valence-corrected chi connectivity index (χ0v) is 12.2. The normalized spacial score (nSPS) is 18.0. The average Bonchev–Trinajstić information content (AvgIpc) is 3.20. The number of hydrogen-bond donors (Lipinski definition) is 0. The summed E-state index contributed by atoms with van der Waals surface area (Å²) in [5, 5.41) is 0. The van der Waals surface area contributed by atoms with E-state index in [1.54, 1.807) is 12.4 Å². The van der Waals surface area contributed by atoms with E-state index in [0.29, 0.717) is 18.5 Å². The van der Waals surface area contributed by atoms with E-state index in [9.17, 15) is 0 Å². The van der Waals surface area contributed by atoms with Crippen molar-refractivity contribution < 1.29 is 9.15 Å². The van der Waals surface area contributed by atoms with Crippen LogP contribution in [-0.2, 0) is 0 Å². The van der Waals surface area contributed by atoms with Gasteiger partial charge in [-0.25, -0.2) is 0 Å². The van der Waals surface area contributed by atoms with Gasteiger partial charge in [0.2, 0.25) is 0 Å². The Kier molecular flexibility index (Phi) is 3.39. The molecule has 1 aromatic carbocycles. The van der Waals surface area contributed by atoms with Gasteiger partial charge in [0.05, 0.1) is 6.61 Å². The smallest absolute Gasteiger partial charge is 0.298 e. The summed E-state index contributed by atoms with van der Waals surface area (Å²) in [6.07, 6.45) is 4.58. The lowest BCUT2D eigenvalue weighted by molar-refractivity contribution is 0.260. The van der Waals surface area contributed by atoms with Crippen LogP contribution in [0.3, 0.4) is 0 Å². The van der Waals surface area contributed by atoms with Gasteiger partial charge in [0.25, 0.3) is 6.01 Å². The number of fused-ring (bicyclic) bond motifs is 1. The van der Waals surface area contributed by atoms with E-state index in [2.05, 4.69) is 14.9 Å². The Morgan fingerprint density at radius 1 is 1.18 bits per heavy atom. The van der Waals surface area contributed by atoms with Crippen LogP contribution in [-0.4, -0.2) is 29.7 Å². The number of para-hydroxylation sites is 2. The third kappa shape index (κ3) is 2.62. The molecule has 0 N–H and O–H groups in total. The minimum absolute atomic E-state index is 0.489. The van der Waals surface area contributed by atoms with Gasteiger partial charge in [-0.2, -0.15) is 4.98 Å². The molecule has 1 aliphatic heterocycles. The quantitative estimate of drug-likeness (QED) is 0.740. The molecular formula is C17H17N3O2. The van der Waals surface area contributed by atoms with E-state index >= 15 is 0 Å². The molecule has 0 bridgehead atoms. The Balaban J connectivity index is 1.39. The van der Waals surface area contributed by atoms with Gasteiger partial charge in [0, 0.05) is 31.4 Å². The molecular weight excluding hydrogens is 278 g/mol. The number of anilines is 1. The first kappa shape index (κ1) is 13.1. The number of nitrogens with zero attached hydrogens (tertiary/aromatic N) is 3. The predicted octanol–water partition coefficient (Wildman–Crippen LogP) is 3.13. The van der Waals surface area contributed by atoms with Crippen LogP contribution in [0, 0.1) is 5.92 Å². The molecule has 0 saturated carbocycles. The number of ether oxygens (including phenoxy) is 1. The van der Waals surface area contributed by atoms with Crippen LogP contribution in [0.4, 0.5) is 6.01 Å². The van der Waals surface area contributed by atoms with Crippen molar-refractivity contribution in [3.8, 4) is 5.75 Å². The van der Waals surface area contributed by atoms with Crippen molar-refractivity contribution in [3.05, 3.63) is 48.8 Å². The maximum atomic E-state index is 5.83. The van der Waals surface area contributed by atoms with Crippen molar-refractivity contribution in [2.24, 2.45) is 5.92 Å². The second-order valence-electron chi connectivity index (χ2n) is 5.56. The zero-order chi connectivity index (χ0) is 14.8. The van der Waals surface area contributed by atoms with Crippen LogP contribution < -0.4 is 9.64 Å². The fraction of sp³-hybridized carbons (Fsp3) is 0.294. The zero-order valence-electron chi connectivity index (χ0n) is 12.2. The predicted molar refractivity (Wildman–Crippen MR) is 84.1 cm³/mol. The van der Waals surface area contributed by atoms with Crippen molar-refractivity contribution >= 4 is 17.1 Å². The SMILES string of the molecule is c1ccc2oc(N3CCC(COc4ccncc4)C3)nc2c1. The summed E-state index contributed by atoms with van der Waals surface area (Å²) in [7, 11) is 0. The number of benzene rings is 1. The molecule has 3 heterocycles. The average molecular weight is 295 g/mol. The van der Waals surface area contributed by atoms with E-state index in [4.69, 9.17) is 9.15 Å². The molecule has 2 aromatic heterocycles. The first-order valence-corrected chi connectivity index (χ1v) is 7.52. The molecule has 4 rings (SSSR count). The maximum Gasteiger partial charge on any atom is 0.298 e. The van der Waals surface area contributed by atoms with Crippen LogP contribution in [0.2, 0.25) is 0 Å². The molecule has 3 aromatic rings. The molecule has 1 fully saturated rings. The Morgan fingerprint density at radius 3 is 2.91 bits per heavy atom. The summed E-state index contributed by atoms with van der Waals surface area (Å²) in [5.41, 5.74) is 1.75. The van der Waals surface area contributed by atoms with Gasteiger partial charge >= 0.3 is 0 Å². The summed E-state index contributed by atoms with van der Waals surface area (Å²) in [5.74, 6) is 1.36. The molecule has 0 spiro atoms. The molecule has 0 aliphatic carbocycles. The monoisotopic (exact) mass is 295 g/mol. The molecule has 5 nitrogen and oxygen atoms in total. The molecule has 0 radical (unpaired) electrons. The van der Waals surface area contributed by atoms with Crippen LogP contribution in [0.25, 0.3) is 11.1 Å². The highest BCUT2D eigenvalue weighted by Crippen LogP contribution is 2.27. The van der Waals surface area contributed by atoms with Gasteiger partial charge in [0.1, 0.15) is 11.3 Å². The van der Waals surface area contributed by atoms with Crippen molar-refractivity contribution in [1.82, 2.24) is 9.97 Å². The van der Waals surface area contributed by atoms with Crippen LogP contribution in [0.15, 0.2) is 53.2 Å². The van der Waals surface area contributed by atoms with E-state index in [0.717, 1.165) is 36.4 Å². The lowest BCUT2D eigenvalue weighted by atomic mass is 10.1. The van der Waals surface area contributed by atoms with E-state index < -0.39 is 0 Å². The van der Waals surface area contributed by atoms with E-state index in [1.165, 1.54) is 0 Å². The molecule has 112 valence electrons. The molecule has 0 amide bonds. The molecule has 1 aliphatic rings. The van der Waals surface area contributed by atoms with Gasteiger partial charge in [-0.3, -0.25) is 4.98 Å². The van der Waals surface area contributed by atoms with Crippen molar-refractivity contribution in [2.75, 3.05) is 24.6 Å². The van der Waals surface area contributed by atoms with Crippen molar-refractivity contribution in [1.29, 1.82) is 0 Å². The van der Waals surface area contributed by atoms with Gasteiger partial charge in [0.15, 0.2) is 5.58 Å². The minimum Gasteiger partial charge on any atom is -0.493 e. The molecule has 1 atom stereocenters. The summed E-state index contributed by atoms with van der Waals surface area (Å²) < 4.78 is 11.6. The lowest BCUT2D eigenvalue weighted by Crippen LogP contribution is -2.22. The highest BCUT2D eigenvalue weighted by molar-refractivity contribution is 5.74. The Morgan fingerprint density at radius 2 is 2.05 bits per heavy atom. The first-order chi connectivity index (χ1) is 10.9. The van der Waals surface area contributed by atoms with Crippen molar-refractivity contribution in [2.45, 2.75) is 6.42 Å². The molecule has 1 saturated heterocycles. The fourth-order valence-electron chi connectivity index (χ4n) is 2.79. The van der Waals surface area contributed by atoms with Gasteiger partial charge in [-0.1, -0.05) is 12.1 Å². The Hall–Kier alpha value is -2.56. The minimum atomic E-state index is 0.489. The van der Waals surface area contributed by atoms with E-state index in [-0.39, 0.29) is 0 Å². The number of rotatable bonds is 4. The maximum absolute atomic E-state index is 5.83. The first-order valence-electron chi connectivity index (χ1n) is 7.52. The van der Waals surface area contributed by atoms with Crippen molar-refractivity contribution in [3.63, 3.8) is 0 Å². The number of hydrogen-bond acceptors (Lipinski definition) is 5. The van der Waals surface area contributed by atoms with Crippen LogP contribution in [0.5, 0.6) is 5.75 Å². The molecule has 22 heavy (non-hydrogen) atoms. The molecule has 1 unspecified atom stereocenters. The second-order valence-corrected chi connectivity index (χ2v) is 5.56. The van der Waals surface area contributed by atoms with Gasteiger partial charge in [-0.05, 0) is 30.7 Å². The van der Waals surface area contributed by atoms with Gasteiger partial charge in [-0.15, -0.1) is 0 Å². The summed E-state index contributed by atoms with van der Waals surface area (Å²) >= 11 is 0. The van der Waals surface area contributed by atoms with Gasteiger partial charge < -0.3 is 14.1 Å². The fourth-order valence-corrected chi connectivity index (χ4v) is 2.79. The third-order valence-electron chi connectivity index (χ3n) is 3.97. The highest BCUT2D eigenvalue weighted by atomic mass is 16.5. The number of aromatic nitrogens is 2. The summed E-state index contributed by atoms with van der Waals surface area (Å²) in [4.78, 5) is 10.7. The Bertz CT molecular complexity index is 724. The van der Waals surface area contributed by atoms with E-state index in [1.807, 2.05) is 36.4 Å². The second kappa shape index (κ2) is 5.67. The van der Waals surface area contributed by atoms with Crippen LogP contribution in [0.1, 0.15) is 6.42 Å². The largest absolute Gasteiger partial charge is 0.493 e. The molecule has 5 heteroatoms. The number of pyridine rings is 1. The topological polar surface area (TPSA) is 51.4 Å². The standard InChI is InChI=1S/C17H17N3O2/c1-2-4-16-15(3-1)19-17(22-16)20-10-7-13(11-20)12-21-14-5-8-18-9-6-14/h1-6,8-9,13H,7,10-12H2. The third-order valence-corrected chi connectivity index (χ3v) is 3.97. The summed E-state index contributed by atoms with van der Waals surface area (Å²) in [6, 6.07) is 12.3. The summed E-state index contributed by atoms with van der Waals surface area (Å²) in [6.45, 7) is 2.58. The Labute approximate surface area is 128 Å². The number of oxazole rings is 1. The highest BCUT2D eigenvalue weighted by Gasteiger charge is 2.26. The van der Waals surface area contributed by atoms with Crippen LogP contribution >= 0.6 is 0 Å².